The Balaban J connectivity index is 2.11. The van der Waals surface area contributed by atoms with Crippen LogP contribution in [0, 0.1) is 0 Å². The highest BCUT2D eigenvalue weighted by molar-refractivity contribution is 5.93. The molecule has 7 N–H and O–H groups in total. The van der Waals surface area contributed by atoms with Crippen molar-refractivity contribution in [1.29, 1.82) is 0 Å². The number of aliphatic carboxylic acids is 1. The highest BCUT2D eigenvalue weighted by atomic mass is 16.4. The first-order chi connectivity index (χ1) is 14.2. The van der Waals surface area contributed by atoms with Gasteiger partial charge in [0.2, 0.25) is 17.7 Å². The van der Waals surface area contributed by atoms with Crippen molar-refractivity contribution in [2.24, 2.45) is 5.73 Å². The Labute approximate surface area is 172 Å². The van der Waals surface area contributed by atoms with Gasteiger partial charge in [0.15, 0.2) is 0 Å². The van der Waals surface area contributed by atoms with Crippen LogP contribution >= 0.6 is 0 Å². The molecule has 11 heteroatoms. The number of carbonyl (C=O) groups is 4. The number of nitrogens with two attached hydrogens (primary N) is 1. The average molecular weight is 422 g/mol. The highest BCUT2D eigenvalue weighted by Gasteiger charge is 2.37. The second-order valence-electron chi connectivity index (χ2n) is 7.03. The molecule has 1 heterocycles. The number of amides is 3. The number of phenolic OH excluding ortho intramolecular Hbond substituents is 1. The van der Waals surface area contributed by atoms with E-state index in [1.807, 2.05) is 0 Å². The van der Waals surface area contributed by atoms with Crippen molar-refractivity contribution < 1.29 is 34.5 Å². The van der Waals surface area contributed by atoms with Crippen LogP contribution < -0.4 is 16.4 Å². The highest BCUT2D eigenvalue weighted by Crippen LogP contribution is 2.20. The molecule has 0 radical (unpaired) electrons. The van der Waals surface area contributed by atoms with E-state index in [0.717, 1.165) is 0 Å². The number of phenols is 1. The largest absolute Gasteiger partial charge is 0.508 e. The van der Waals surface area contributed by atoms with Crippen LogP contribution in [0.1, 0.15) is 18.4 Å². The molecule has 1 aliphatic heterocycles. The van der Waals surface area contributed by atoms with E-state index in [1.54, 1.807) is 12.1 Å². The van der Waals surface area contributed by atoms with Gasteiger partial charge in [0.05, 0.1) is 13.2 Å². The maximum atomic E-state index is 13.0. The molecule has 3 amide bonds. The number of aromatic hydroxyl groups is 1. The zero-order valence-electron chi connectivity index (χ0n) is 16.3. The molecule has 1 aliphatic rings. The summed E-state index contributed by atoms with van der Waals surface area (Å²) in [6, 6.07) is 2.85. The summed E-state index contributed by atoms with van der Waals surface area (Å²) >= 11 is 0. The maximum absolute atomic E-state index is 13.0. The molecule has 1 aromatic rings. The molecular weight excluding hydrogens is 396 g/mol. The summed E-state index contributed by atoms with van der Waals surface area (Å²) < 4.78 is 0. The SMILES string of the molecule is NC(CO)C(=O)NCC(=O)NC(Cc1ccc(O)cc1)C(=O)N1CCCC1C(=O)O. The third-order valence-electron chi connectivity index (χ3n) is 4.79. The molecular formula is C19H26N4O7. The van der Waals surface area contributed by atoms with Gasteiger partial charge in [0, 0.05) is 13.0 Å². The van der Waals surface area contributed by atoms with E-state index in [9.17, 15) is 29.4 Å². The molecule has 1 saturated heterocycles. The molecule has 0 bridgehead atoms. The summed E-state index contributed by atoms with van der Waals surface area (Å²) in [7, 11) is 0. The molecule has 3 unspecified atom stereocenters. The van der Waals surface area contributed by atoms with Crippen LogP contribution in [0.25, 0.3) is 0 Å². The summed E-state index contributed by atoms with van der Waals surface area (Å²) in [6.07, 6.45) is 0.936. The minimum atomic E-state index is -1.17. The number of rotatable bonds is 9. The third kappa shape index (κ3) is 6.16. The fourth-order valence-corrected chi connectivity index (χ4v) is 3.18. The predicted molar refractivity (Wildman–Crippen MR) is 104 cm³/mol. The number of carbonyl (C=O) groups excluding carboxylic acids is 3. The van der Waals surface area contributed by atoms with Crippen molar-refractivity contribution in [3.8, 4) is 5.75 Å². The topological polar surface area (TPSA) is 182 Å². The predicted octanol–water partition coefficient (Wildman–Crippen LogP) is -2.07. The molecule has 0 aliphatic carbocycles. The van der Waals surface area contributed by atoms with E-state index >= 15 is 0 Å². The van der Waals surface area contributed by atoms with Crippen molar-refractivity contribution in [3.63, 3.8) is 0 Å². The van der Waals surface area contributed by atoms with E-state index in [-0.39, 0.29) is 18.7 Å². The van der Waals surface area contributed by atoms with Crippen LogP contribution in [-0.4, -0.2) is 81.7 Å². The Bertz CT molecular complexity index is 784. The molecule has 2 rings (SSSR count). The van der Waals surface area contributed by atoms with Crippen molar-refractivity contribution in [3.05, 3.63) is 29.8 Å². The van der Waals surface area contributed by atoms with Gasteiger partial charge in [-0.2, -0.15) is 0 Å². The molecule has 11 nitrogen and oxygen atoms in total. The van der Waals surface area contributed by atoms with Gasteiger partial charge in [-0.1, -0.05) is 12.1 Å². The zero-order valence-corrected chi connectivity index (χ0v) is 16.3. The second kappa shape index (κ2) is 10.6. The second-order valence-corrected chi connectivity index (χ2v) is 7.03. The lowest BCUT2D eigenvalue weighted by molar-refractivity contribution is -0.149. The summed E-state index contributed by atoms with van der Waals surface area (Å²) in [4.78, 5) is 49.6. The van der Waals surface area contributed by atoms with E-state index in [1.165, 1.54) is 17.0 Å². The number of carboxylic acids is 1. The Morgan fingerprint density at radius 2 is 1.87 bits per heavy atom. The summed E-state index contributed by atoms with van der Waals surface area (Å²) in [6.45, 7) is -0.783. The number of aliphatic hydroxyl groups excluding tert-OH is 1. The number of carboxylic acid groups (broad SMARTS) is 1. The van der Waals surface area contributed by atoms with Crippen molar-refractivity contribution in [2.75, 3.05) is 19.7 Å². The first-order valence-corrected chi connectivity index (χ1v) is 9.47. The lowest BCUT2D eigenvalue weighted by Gasteiger charge is -2.27. The Kier molecular flexibility index (Phi) is 8.13. The number of benzene rings is 1. The number of hydrogen-bond donors (Lipinski definition) is 6. The Morgan fingerprint density at radius 1 is 1.20 bits per heavy atom. The molecule has 30 heavy (non-hydrogen) atoms. The first kappa shape index (κ1) is 23.1. The number of nitrogens with zero attached hydrogens (tertiary/aromatic N) is 1. The van der Waals surface area contributed by atoms with Crippen LogP contribution in [0.4, 0.5) is 0 Å². The van der Waals surface area contributed by atoms with Gasteiger partial charge in [-0.25, -0.2) is 4.79 Å². The van der Waals surface area contributed by atoms with E-state index in [2.05, 4.69) is 10.6 Å². The van der Waals surface area contributed by atoms with Crippen LogP contribution in [-0.2, 0) is 25.6 Å². The summed E-state index contributed by atoms with van der Waals surface area (Å²) in [5.41, 5.74) is 6.00. The van der Waals surface area contributed by atoms with Crippen LogP contribution in [0.2, 0.25) is 0 Å². The number of aliphatic hydroxyl groups is 1. The van der Waals surface area contributed by atoms with Crippen molar-refractivity contribution in [2.45, 2.75) is 37.4 Å². The van der Waals surface area contributed by atoms with Gasteiger partial charge in [0.25, 0.3) is 0 Å². The molecule has 0 spiro atoms. The van der Waals surface area contributed by atoms with Crippen LogP contribution in [0.3, 0.4) is 0 Å². The maximum Gasteiger partial charge on any atom is 0.326 e. The molecule has 3 atom stereocenters. The monoisotopic (exact) mass is 422 g/mol. The van der Waals surface area contributed by atoms with E-state index in [4.69, 9.17) is 10.8 Å². The molecule has 0 aromatic heterocycles. The van der Waals surface area contributed by atoms with Gasteiger partial charge in [-0.15, -0.1) is 0 Å². The Morgan fingerprint density at radius 3 is 2.47 bits per heavy atom. The summed E-state index contributed by atoms with van der Waals surface area (Å²) in [5.74, 6) is -3.00. The normalized spacial score (nSPS) is 17.8. The van der Waals surface area contributed by atoms with Crippen molar-refractivity contribution >= 4 is 23.7 Å². The third-order valence-corrected chi connectivity index (χ3v) is 4.79. The molecule has 1 aromatic carbocycles. The van der Waals surface area contributed by atoms with Gasteiger partial charge in [-0.05, 0) is 30.5 Å². The lowest BCUT2D eigenvalue weighted by atomic mass is 10.0. The van der Waals surface area contributed by atoms with Gasteiger partial charge >= 0.3 is 5.97 Å². The number of hydrogen-bond acceptors (Lipinski definition) is 7. The number of nitrogens with one attached hydrogen (secondary N) is 2. The number of likely N-dealkylation sites (tertiary alicyclic amines) is 1. The Hall–Kier alpha value is -3.18. The minimum absolute atomic E-state index is 0.0408. The van der Waals surface area contributed by atoms with Gasteiger partial charge < -0.3 is 36.6 Å². The van der Waals surface area contributed by atoms with Crippen LogP contribution in [0.15, 0.2) is 24.3 Å². The van der Waals surface area contributed by atoms with Crippen molar-refractivity contribution in [1.82, 2.24) is 15.5 Å². The first-order valence-electron chi connectivity index (χ1n) is 9.47. The smallest absolute Gasteiger partial charge is 0.326 e. The fourth-order valence-electron chi connectivity index (χ4n) is 3.18. The van der Waals surface area contributed by atoms with Crippen LogP contribution in [0.5, 0.6) is 5.75 Å². The van der Waals surface area contributed by atoms with E-state index in [0.29, 0.717) is 18.4 Å². The summed E-state index contributed by atoms with van der Waals surface area (Å²) in [5, 5.41) is 32.4. The fraction of sp³-hybridized carbons (Fsp3) is 0.474. The molecule has 0 saturated carbocycles. The average Bonchev–Trinajstić information content (AvgIpc) is 3.22. The zero-order chi connectivity index (χ0) is 22.3. The minimum Gasteiger partial charge on any atom is -0.508 e. The van der Waals surface area contributed by atoms with Gasteiger partial charge in [0.1, 0.15) is 23.9 Å². The van der Waals surface area contributed by atoms with Gasteiger partial charge in [-0.3, -0.25) is 14.4 Å². The lowest BCUT2D eigenvalue weighted by Crippen LogP contribution is -2.54. The van der Waals surface area contributed by atoms with E-state index < -0.39 is 55.0 Å². The molecule has 164 valence electrons. The molecule has 1 fully saturated rings. The standard InChI is InChI=1S/C19H26N4O7/c20-13(10-24)17(27)21-9-16(26)22-14(8-11-3-5-12(25)6-4-11)18(28)23-7-1-2-15(23)19(29)30/h3-6,13-15,24-25H,1-2,7-10,20H2,(H,21,27)(H,22,26)(H,29,30). The quantitative estimate of drug-likeness (QED) is 0.262.